The van der Waals surface area contributed by atoms with Gasteiger partial charge in [0.2, 0.25) is 0 Å². The van der Waals surface area contributed by atoms with Gasteiger partial charge in [-0.2, -0.15) is 0 Å². The molecule has 6 heteroatoms. The predicted molar refractivity (Wildman–Crippen MR) is 69.9 cm³/mol. The van der Waals surface area contributed by atoms with Gasteiger partial charge < -0.3 is 10.4 Å². The third kappa shape index (κ3) is 3.04. The number of aromatic carboxylic acids is 1. The number of hydrogen-bond acceptors (Lipinski definition) is 5. The molecule has 98 valence electrons. The molecule has 6 nitrogen and oxygen atoms in total. The average Bonchev–Trinajstić information content (AvgIpc) is 2.46. The maximum absolute atomic E-state index is 11.1. The zero-order valence-electron chi connectivity index (χ0n) is 10.4. The van der Waals surface area contributed by atoms with E-state index >= 15 is 0 Å². The van der Waals surface area contributed by atoms with Gasteiger partial charge in [0.15, 0.2) is 0 Å². The molecule has 0 aliphatic rings. The number of pyridine rings is 1. The highest BCUT2D eigenvalue weighted by molar-refractivity contribution is 5.92. The highest BCUT2D eigenvalue weighted by Gasteiger charge is 2.16. The summed E-state index contributed by atoms with van der Waals surface area (Å²) in [5.41, 5.74) is 0.900. The third-order valence-electron chi connectivity index (χ3n) is 2.71. The van der Waals surface area contributed by atoms with Crippen molar-refractivity contribution in [3.63, 3.8) is 0 Å². The molecule has 2 rings (SSSR count). The van der Waals surface area contributed by atoms with Crippen LogP contribution in [0.2, 0.25) is 0 Å². The smallest absolute Gasteiger partial charge is 0.341 e. The van der Waals surface area contributed by atoms with Crippen molar-refractivity contribution in [2.75, 3.05) is 5.32 Å². The average molecular weight is 258 g/mol. The lowest BCUT2D eigenvalue weighted by Crippen LogP contribution is -2.15. The van der Waals surface area contributed by atoms with Crippen molar-refractivity contribution in [3.05, 3.63) is 48.2 Å². The summed E-state index contributed by atoms with van der Waals surface area (Å²) in [6.45, 7) is 1.99. The van der Waals surface area contributed by atoms with Crippen LogP contribution in [0.15, 0.2) is 36.9 Å². The summed E-state index contributed by atoms with van der Waals surface area (Å²) < 4.78 is 0. The van der Waals surface area contributed by atoms with Crippen LogP contribution in [0.1, 0.15) is 35.4 Å². The zero-order chi connectivity index (χ0) is 13.7. The number of hydrogen-bond donors (Lipinski definition) is 2. The van der Waals surface area contributed by atoms with Crippen LogP contribution in [0.5, 0.6) is 0 Å². The summed E-state index contributed by atoms with van der Waals surface area (Å²) in [6.07, 6.45) is 5.07. The molecule has 0 bridgehead atoms. The molecular weight excluding hydrogens is 244 g/mol. The number of aromatic nitrogens is 3. The van der Waals surface area contributed by atoms with Gasteiger partial charge in [0.25, 0.3) is 0 Å². The number of carbonyl (C=O) groups is 1. The Bertz CT molecular complexity index is 560. The second-order valence-corrected chi connectivity index (χ2v) is 3.95. The monoisotopic (exact) mass is 258 g/mol. The summed E-state index contributed by atoms with van der Waals surface area (Å²) >= 11 is 0. The van der Waals surface area contributed by atoms with Crippen molar-refractivity contribution < 1.29 is 9.90 Å². The Hall–Kier alpha value is -2.50. The molecule has 2 N–H and O–H groups in total. The van der Waals surface area contributed by atoms with Gasteiger partial charge in [-0.1, -0.05) is 13.0 Å². The molecule has 1 atom stereocenters. The zero-order valence-corrected chi connectivity index (χ0v) is 10.4. The van der Waals surface area contributed by atoms with Crippen LogP contribution in [0.4, 0.5) is 5.82 Å². The molecule has 0 aliphatic heterocycles. The molecule has 0 saturated heterocycles. The molecule has 2 aromatic heterocycles. The van der Waals surface area contributed by atoms with Gasteiger partial charge in [-0.05, 0) is 18.6 Å². The number of nitrogens with one attached hydrogen (secondary N) is 1. The number of nitrogens with zero attached hydrogens (tertiary/aromatic N) is 3. The van der Waals surface area contributed by atoms with E-state index in [9.17, 15) is 4.79 Å². The molecular formula is C13H14N4O2. The van der Waals surface area contributed by atoms with Crippen molar-refractivity contribution in [3.8, 4) is 0 Å². The summed E-state index contributed by atoms with van der Waals surface area (Å²) in [7, 11) is 0. The summed E-state index contributed by atoms with van der Waals surface area (Å²) in [6, 6.07) is 5.53. The Morgan fingerprint density at radius 1 is 1.42 bits per heavy atom. The normalized spacial score (nSPS) is 11.8. The maximum Gasteiger partial charge on any atom is 0.341 e. The molecule has 2 heterocycles. The molecule has 0 unspecified atom stereocenters. The predicted octanol–water partition coefficient (Wildman–Crippen LogP) is 2.13. The quantitative estimate of drug-likeness (QED) is 0.854. The topological polar surface area (TPSA) is 88.0 Å². The van der Waals surface area contributed by atoms with Crippen molar-refractivity contribution >= 4 is 11.8 Å². The van der Waals surface area contributed by atoms with E-state index in [4.69, 9.17) is 5.11 Å². The molecule has 0 aromatic carbocycles. The van der Waals surface area contributed by atoms with E-state index in [2.05, 4.69) is 20.3 Å². The van der Waals surface area contributed by atoms with Gasteiger partial charge in [-0.25, -0.2) is 14.8 Å². The molecule has 19 heavy (non-hydrogen) atoms. The first-order valence-electron chi connectivity index (χ1n) is 5.93. The van der Waals surface area contributed by atoms with E-state index in [1.54, 1.807) is 6.20 Å². The number of anilines is 1. The van der Waals surface area contributed by atoms with Crippen molar-refractivity contribution in [1.82, 2.24) is 15.0 Å². The minimum Gasteiger partial charge on any atom is -0.477 e. The number of carboxylic acid groups (broad SMARTS) is 1. The third-order valence-corrected chi connectivity index (χ3v) is 2.71. The van der Waals surface area contributed by atoms with Gasteiger partial charge in [-0.3, -0.25) is 4.98 Å². The van der Waals surface area contributed by atoms with E-state index in [0.29, 0.717) is 5.82 Å². The van der Waals surface area contributed by atoms with Crippen molar-refractivity contribution in [2.24, 2.45) is 0 Å². The second-order valence-electron chi connectivity index (χ2n) is 3.95. The first-order valence-corrected chi connectivity index (χ1v) is 5.93. The van der Waals surface area contributed by atoms with E-state index < -0.39 is 5.97 Å². The first-order chi connectivity index (χ1) is 9.22. The lowest BCUT2D eigenvalue weighted by molar-refractivity contribution is 0.0697. The highest BCUT2D eigenvalue weighted by Crippen LogP contribution is 2.21. The van der Waals surface area contributed by atoms with Crippen LogP contribution >= 0.6 is 0 Å². The van der Waals surface area contributed by atoms with Crippen LogP contribution in [0, 0.1) is 0 Å². The SMILES string of the molecule is CC[C@H](Nc1ncncc1C(=O)O)c1ccccn1. The van der Waals surface area contributed by atoms with Gasteiger partial charge >= 0.3 is 5.97 Å². The van der Waals surface area contributed by atoms with Crippen LogP contribution in [-0.4, -0.2) is 26.0 Å². The van der Waals surface area contributed by atoms with Crippen molar-refractivity contribution in [2.45, 2.75) is 19.4 Å². The van der Waals surface area contributed by atoms with E-state index in [-0.39, 0.29) is 11.6 Å². The fourth-order valence-corrected chi connectivity index (χ4v) is 1.73. The van der Waals surface area contributed by atoms with Gasteiger partial charge in [-0.15, -0.1) is 0 Å². The molecule has 0 fully saturated rings. The Balaban J connectivity index is 2.27. The van der Waals surface area contributed by atoms with Gasteiger partial charge in [0.1, 0.15) is 17.7 Å². The molecule has 0 saturated carbocycles. The second kappa shape index (κ2) is 5.90. The first kappa shape index (κ1) is 12.9. The lowest BCUT2D eigenvalue weighted by atomic mass is 10.1. The fourth-order valence-electron chi connectivity index (χ4n) is 1.73. The Morgan fingerprint density at radius 3 is 2.89 bits per heavy atom. The lowest BCUT2D eigenvalue weighted by Gasteiger charge is -2.17. The standard InChI is InChI=1S/C13H14N4O2/c1-2-10(11-5-3-4-6-15-11)17-12-9(13(18)19)7-14-8-16-12/h3-8,10H,2H2,1H3,(H,18,19)(H,14,16,17)/t10-/m0/s1. The molecule has 2 aromatic rings. The van der Waals surface area contributed by atoms with Crippen LogP contribution in [0.3, 0.4) is 0 Å². The van der Waals surface area contributed by atoms with Crippen LogP contribution in [0.25, 0.3) is 0 Å². The van der Waals surface area contributed by atoms with Crippen LogP contribution in [-0.2, 0) is 0 Å². The Morgan fingerprint density at radius 2 is 2.26 bits per heavy atom. The van der Waals surface area contributed by atoms with E-state index in [0.717, 1.165) is 12.1 Å². The summed E-state index contributed by atoms with van der Waals surface area (Å²) in [5.74, 6) is -0.751. The molecule has 0 amide bonds. The van der Waals surface area contributed by atoms with E-state index in [1.807, 2.05) is 25.1 Å². The largest absolute Gasteiger partial charge is 0.477 e. The molecule has 0 radical (unpaired) electrons. The molecule has 0 aliphatic carbocycles. The van der Waals surface area contributed by atoms with Gasteiger partial charge in [0, 0.05) is 12.4 Å². The van der Waals surface area contributed by atoms with Gasteiger partial charge in [0.05, 0.1) is 11.7 Å². The summed E-state index contributed by atoms with van der Waals surface area (Å²) in [4.78, 5) is 23.1. The van der Waals surface area contributed by atoms with Crippen molar-refractivity contribution in [1.29, 1.82) is 0 Å². The Kier molecular flexibility index (Phi) is 4.02. The highest BCUT2D eigenvalue weighted by atomic mass is 16.4. The van der Waals surface area contributed by atoms with E-state index in [1.165, 1.54) is 12.5 Å². The Labute approximate surface area is 110 Å². The number of carboxylic acids is 1. The maximum atomic E-state index is 11.1. The molecule has 0 spiro atoms. The van der Waals surface area contributed by atoms with Crippen LogP contribution < -0.4 is 5.32 Å². The number of rotatable bonds is 5. The summed E-state index contributed by atoms with van der Waals surface area (Å²) in [5, 5.41) is 12.2. The fraction of sp³-hybridized carbons (Fsp3) is 0.231. The minimum atomic E-state index is -1.06. The minimum absolute atomic E-state index is 0.0527.